The Bertz CT molecular complexity index is 918. The van der Waals surface area contributed by atoms with Crippen LogP contribution < -0.4 is 4.74 Å². The van der Waals surface area contributed by atoms with Crippen molar-refractivity contribution in [2.45, 2.75) is 162 Å². The summed E-state index contributed by atoms with van der Waals surface area (Å²) >= 11 is 0. The average Bonchev–Trinajstić information content (AvgIpc) is 3.01. The minimum absolute atomic E-state index is 0.0218. The molecule has 0 spiro atoms. The average molecular weight is 579 g/mol. The molecule has 0 aliphatic heterocycles. The number of benzene rings is 2. The molecular weight excluding hydrogens is 516 g/mol. The van der Waals surface area contributed by atoms with E-state index in [0.29, 0.717) is 17.2 Å². The van der Waals surface area contributed by atoms with Crippen molar-refractivity contribution in [1.82, 2.24) is 0 Å². The van der Waals surface area contributed by atoms with E-state index in [-0.39, 0.29) is 12.1 Å². The summed E-state index contributed by atoms with van der Waals surface area (Å²) in [5.74, 6) is 0.883. The second kappa shape index (κ2) is 23.3. The molecule has 0 bridgehead atoms. The third-order valence-corrected chi connectivity index (χ3v) is 8.59. The molecule has 0 N–H and O–H groups in total. The smallest absolute Gasteiger partial charge is 0.343 e. The largest absolute Gasteiger partial charge is 0.423 e. The molecule has 0 aromatic heterocycles. The molecule has 2 aromatic rings. The normalized spacial score (nSPS) is 12.8. The van der Waals surface area contributed by atoms with E-state index in [1.807, 2.05) is 36.4 Å². The Morgan fingerprint density at radius 2 is 1.07 bits per heavy atom. The van der Waals surface area contributed by atoms with Gasteiger partial charge in [-0.15, -0.1) is 0 Å². The van der Waals surface area contributed by atoms with Crippen LogP contribution in [-0.4, -0.2) is 12.6 Å². The van der Waals surface area contributed by atoms with E-state index in [2.05, 4.69) is 39.8 Å². The number of esters is 1. The van der Waals surface area contributed by atoms with Crippen molar-refractivity contribution in [3.8, 4) is 5.75 Å². The summed E-state index contributed by atoms with van der Waals surface area (Å²) in [4.78, 5) is 12.8. The van der Waals surface area contributed by atoms with Crippen LogP contribution in [0.4, 0.5) is 0 Å². The monoisotopic (exact) mass is 578 g/mol. The molecule has 0 radical (unpaired) electrons. The summed E-state index contributed by atoms with van der Waals surface area (Å²) in [5.41, 5.74) is 3.02. The standard InChI is InChI=1S/C39H62O3/c1-5-8-10-12-14-15-16-17-19-21-32-41-33(4)34-24-26-37(27-25-34)39(40)42-38-30-28-36(29-31-38)35(22-7-3)23-20-18-13-11-9-6-2/h24-31,33,35H,5-23,32H2,1-4H3. The Balaban J connectivity index is 1.70. The molecule has 2 unspecified atom stereocenters. The van der Waals surface area contributed by atoms with Crippen LogP contribution in [0.3, 0.4) is 0 Å². The van der Waals surface area contributed by atoms with E-state index in [9.17, 15) is 4.79 Å². The molecule has 0 fully saturated rings. The van der Waals surface area contributed by atoms with Crippen LogP contribution >= 0.6 is 0 Å². The Kier molecular flexibility index (Phi) is 20.0. The summed E-state index contributed by atoms with van der Waals surface area (Å²) in [6, 6.07) is 15.9. The van der Waals surface area contributed by atoms with Gasteiger partial charge >= 0.3 is 5.97 Å². The van der Waals surface area contributed by atoms with Crippen molar-refractivity contribution in [1.29, 1.82) is 0 Å². The van der Waals surface area contributed by atoms with E-state index >= 15 is 0 Å². The van der Waals surface area contributed by atoms with Crippen molar-refractivity contribution >= 4 is 5.97 Å². The lowest BCUT2D eigenvalue weighted by Gasteiger charge is -2.17. The highest BCUT2D eigenvalue weighted by Crippen LogP contribution is 2.29. The predicted molar refractivity (Wildman–Crippen MR) is 180 cm³/mol. The second-order valence-electron chi connectivity index (χ2n) is 12.3. The fourth-order valence-electron chi connectivity index (χ4n) is 5.81. The Morgan fingerprint density at radius 3 is 1.62 bits per heavy atom. The van der Waals surface area contributed by atoms with Gasteiger partial charge < -0.3 is 9.47 Å². The van der Waals surface area contributed by atoms with Crippen molar-refractivity contribution in [2.24, 2.45) is 0 Å². The van der Waals surface area contributed by atoms with E-state index in [0.717, 1.165) is 18.6 Å². The van der Waals surface area contributed by atoms with Crippen LogP contribution in [0.2, 0.25) is 0 Å². The summed E-state index contributed by atoms with van der Waals surface area (Å²) in [6.45, 7) is 9.68. The molecule has 0 aliphatic rings. The first-order valence-corrected chi connectivity index (χ1v) is 17.6. The first-order chi connectivity index (χ1) is 20.6. The van der Waals surface area contributed by atoms with Gasteiger partial charge in [-0.25, -0.2) is 4.79 Å². The zero-order valence-electron chi connectivity index (χ0n) is 27.6. The Hall–Kier alpha value is -2.13. The maximum atomic E-state index is 12.8. The van der Waals surface area contributed by atoms with Crippen LogP contribution in [0.5, 0.6) is 5.75 Å². The molecule has 0 amide bonds. The molecule has 3 nitrogen and oxygen atoms in total. The topological polar surface area (TPSA) is 35.5 Å². The van der Waals surface area contributed by atoms with E-state index in [4.69, 9.17) is 9.47 Å². The minimum Gasteiger partial charge on any atom is -0.423 e. The molecule has 236 valence electrons. The van der Waals surface area contributed by atoms with Gasteiger partial charge in [0.1, 0.15) is 5.75 Å². The summed E-state index contributed by atoms with van der Waals surface area (Å²) in [7, 11) is 0. The van der Waals surface area contributed by atoms with Gasteiger partial charge in [0.15, 0.2) is 0 Å². The lowest BCUT2D eigenvalue weighted by atomic mass is 9.89. The second-order valence-corrected chi connectivity index (χ2v) is 12.3. The molecule has 2 atom stereocenters. The van der Waals surface area contributed by atoms with Crippen LogP contribution in [0.15, 0.2) is 48.5 Å². The first-order valence-electron chi connectivity index (χ1n) is 17.6. The lowest BCUT2D eigenvalue weighted by molar-refractivity contribution is 0.0626. The molecule has 3 heteroatoms. The van der Waals surface area contributed by atoms with E-state index in [1.54, 1.807) is 0 Å². The van der Waals surface area contributed by atoms with Crippen molar-refractivity contribution in [3.05, 3.63) is 65.2 Å². The molecule has 0 saturated carbocycles. The number of hydrogen-bond donors (Lipinski definition) is 0. The summed E-state index contributed by atoms with van der Waals surface area (Å²) in [6.07, 6.45) is 25.0. The SMILES string of the molecule is CCCCCCCCCCCCOC(C)c1ccc(C(=O)Oc2ccc(C(CCC)CCCCCCCC)cc2)cc1. The fourth-order valence-corrected chi connectivity index (χ4v) is 5.81. The highest BCUT2D eigenvalue weighted by atomic mass is 16.5. The first kappa shape index (κ1) is 36.1. The van der Waals surface area contributed by atoms with E-state index < -0.39 is 0 Å². The third-order valence-electron chi connectivity index (χ3n) is 8.59. The van der Waals surface area contributed by atoms with Gasteiger partial charge in [0.2, 0.25) is 0 Å². The predicted octanol–water partition coefficient (Wildman–Crippen LogP) is 12.5. The highest BCUT2D eigenvalue weighted by molar-refractivity contribution is 5.91. The van der Waals surface area contributed by atoms with Gasteiger partial charge in [-0.05, 0) is 67.5 Å². The van der Waals surface area contributed by atoms with Crippen LogP contribution in [0, 0.1) is 0 Å². The maximum Gasteiger partial charge on any atom is 0.343 e. The number of ether oxygens (including phenoxy) is 2. The maximum absolute atomic E-state index is 12.8. The van der Waals surface area contributed by atoms with Crippen LogP contribution in [-0.2, 0) is 4.74 Å². The zero-order valence-corrected chi connectivity index (χ0v) is 27.6. The van der Waals surface area contributed by atoms with Crippen molar-refractivity contribution < 1.29 is 14.3 Å². The van der Waals surface area contributed by atoms with Crippen LogP contribution in [0.1, 0.15) is 183 Å². The third kappa shape index (κ3) is 15.4. The Labute approximate surface area is 259 Å². The Morgan fingerprint density at radius 1 is 0.571 bits per heavy atom. The quantitative estimate of drug-likeness (QED) is 0.0667. The molecular formula is C39H62O3. The van der Waals surface area contributed by atoms with Gasteiger partial charge in [0, 0.05) is 6.61 Å². The molecule has 2 aromatic carbocycles. The van der Waals surface area contributed by atoms with E-state index in [1.165, 1.54) is 121 Å². The molecule has 0 saturated heterocycles. The van der Waals surface area contributed by atoms with Crippen molar-refractivity contribution in [2.75, 3.05) is 6.61 Å². The number of rotatable bonds is 25. The molecule has 2 rings (SSSR count). The van der Waals surface area contributed by atoms with Gasteiger partial charge in [0.05, 0.1) is 11.7 Å². The highest BCUT2D eigenvalue weighted by Gasteiger charge is 2.14. The fraction of sp³-hybridized carbons (Fsp3) is 0.667. The zero-order chi connectivity index (χ0) is 30.3. The minimum atomic E-state index is -0.314. The van der Waals surface area contributed by atoms with Gasteiger partial charge in [-0.1, -0.05) is 148 Å². The summed E-state index contributed by atoms with van der Waals surface area (Å²) < 4.78 is 11.8. The lowest BCUT2D eigenvalue weighted by Crippen LogP contribution is -2.09. The molecule has 42 heavy (non-hydrogen) atoms. The number of carbonyl (C=O) groups excluding carboxylic acids is 1. The number of hydrogen-bond acceptors (Lipinski definition) is 3. The van der Waals surface area contributed by atoms with Crippen molar-refractivity contribution in [3.63, 3.8) is 0 Å². The molecule has 0 aliphatic carbocycles. The number of carbonyl (C=O) groups is 1. The number of unbranched alkanes of at least 4 members (excludes halogenated alkanes) is 14. The van der Waals surface area contributed by atoms with Gasteiger partial charge in [0.25, 0.3) is 0 Å². The van der Waals surface area contributed by atoms with Gasteiger partial charge in [-0.3, -0.25) is 0 Å². The van der Waals surface area contributed by atoms with Crippen LogP contribution in [0.25, 0.3) is 0 Å². The molecule has 0 heterocycles. The van der Waals surface area contributed by atoms with Gasteiger partial charge in [-0.2, -0.15) is 0 Å². The summed E-state index contributed by atoms with van der Waals surface area (Å²) in [5, 5.41) is 0.